The quantitative estimate of drug-likeness (QED) is 0.378. The van der Waals surface area contributed by atoms with Gasteiger partial charge in [0.1, 0.15) is 0 Å². The molecule has 0 saturated carbocycles. The van der Waals surface area contributed by atoms with Crippen molar-refractivity contribution in [3.8, 4) is 28.6 Å². The highest BCUT2D eigenvalue weighted by Gasteiger charge is 2.35. The Kier molecular flexibility index (Phi) is 7.75. The van der Waals surface area contributed by atoms with Crippen molar-refractivity contribution in [1.82, 2.24) is 15.2 Å². The van der Waals surface area contributed by atoms with Crippen molar-refractivity contribution in [3.05, 3.63) is 48.0 Å². The first kappa shape index (κ1) is 24.8. The third-order valence-corrected chi connectivity index (χ3v) is 6.67. The lowest BCUT2D eigenvalue weighted by Crippen LogP contribution is -2.37. The number of rotatable bonds is 8. The highest BCUT2D eigenvalue weighted by molar-refractivity contribution is 7.99. The van der Waals surface area contributed by atoms with Gasteiger partial charge in [-0.25, -0.2) is 0 Å². The summed E-state index contributed by atoms with van der Waals surface area (Å²) in [5, 5.41) is 9.35. The van der Waals surface area contributed by atoms with E-state index in [0.29, 0.717) is 52.9 Å². The molecule has 1 amide bonds. The molecule has 0 N–H and O–H groups in total. The van der Waals surface area contributed by atoms with Crippen LogP contribution in [0.2, 0.25) is 0 Å². The first-order valence-electron chi connectivity index (χ1n) is 11.7. The molecule has 1 aliphatic heterocycles. The average molecular weight is 495 g/mol. The van der Waals surface area contributed by atoms with E-state index in [2.05, 4.69) is 24.0 Å². The Labute approximate surface area is 210 Å². The first-order chi connectivity index (χ1) is 17.0. The van der Waals surface area contributed by atoms with Crippen molar-refractivity contribution < 1.29 is 19.0 Å². The molecule has 4 rings (SSSR count). The van der Waals surface area contributed by atoms with Crippen LogP contribution in [0.4, 0.5) is 5.69 Å². The van der Waals surface area contributed by atoms with E-state index in [1.807, 2.05) is 56.3 Å². The van der Waals surface area contributed by atoms with Crippen LogP contribution in [0.3, 0.4) is 0 Å². The third-order valence-electron chi connectivity index (χ3n) is 5.40. The maximum absolute atomic E-state index is 13.3. The number of anilines is 1. The maximum atomic E-state index is 13.3. The van der Waals surface area contributed by atoms with Crippen molar-refractivity contribution in [2.24, 2.45) is 5.92 Å². The third kappa shape index (κ3) is 5.19. The number of nitrogens with zero attached hydrogens (tertiary/aromatic N) is 4. The minimum Gasteiger partial charge on any atom is -0.493 e. The topological polar surface area (TPSA) is 86.7 Å². The maximum Gasteiger partial charge on any atom is 0.247 e. The molecule has 0 saturated heterocycles. The zero-order chi connectivity index (χ0) is 24.9. The molecule has 1 atom stereocenters. The van der Waals surface area contributed by atoms with Gasteiger partial charge in [0.25, 0.3) is 0 Å². The Morgan fingerprint density at radius 1 is 1.14 bits per heavy atom. The molecule has 0 unspecified atom stereocenters. The van der Waals surface area contributed by atoms with Gasteiger partial charge in [0.2, 0.25) is 23.2 Å². The number of hydrogen-bond acceptors (Lipinski definition) is 8. The Morgan fingerprint density at radius 2 is 1.94 bits per heavy atom. The van der Waals surface area contributed by atoms with Gasteiger partial charge < -0.3 is 14.2 Å². The number of fused-ring (bicyclic) bond motifs is 3. The first-order valence-corrected chi connectivity index (χ1v) is 12.7. The van der Waals surface area contributed by atoms with Gasteiger partial charge in [0, 0.05) is 23.3 Å². The van der Waals surface area contributed by atoms with E-state index in [1.54, 1.807) is 12.0 Å². The van der Waals surface area contributed by atoms with Gasteiger partial charge in [0.05, 0.1) is 19.4 Å². The summed E-state index contributed by atoms with van der Waals surface area (Å²) in [6.07, 6.45) is -0.484. The molecule has 2 heterocycles. The number of para-hydroxylation sites is 1. The molecule has 2 aromatic carbocycles. The number of aromatic nitrogens is 3. The fourth-order valence-corrected chi connectivity index (χ4v) is 4.51. The molecular weight excluding hydrogens is 464 g/mol. The van der Waals surface area contributed by atoms with Crippen molar-refractivity contribution in [2.75, 3.05) is 24.4 Å². The van der Waals surface area contributed by atoms with Crippen LogP contribution in [-0.4, -0.2) is 40.6 Å². The zero-order valence-electron chi connectivity index (χ0n) is 20.6. The molecular formula is C26H30N4O4S. The Hall–Kier alpha value is -3.33. The van der Waals surface area contributed by atoms with Crippen LogP contribution in [-0.2, 0) is 4.79 Å². The van der Waals surface area contributed by atoms with Gasteiger partial charge in [-0.05, 0) is 37.1 Å². The molecule has 0 bridgehead atoms. The zero-order valence-corrected chi connectivity index (χ0v) is 21.5. The summed E-state index contributed by atoms with van der Waals surface area (Å²) in [6, 6.07) is 13.1. The summed E-state index contributed by atoms with van der Waals surface area (Å²) in [6.45, 7) is 8.53. The van der Waals surface area contributed by atoms with Crippen LogP contribution < -0.4 is 19.1 Å². The Balaban J connectivity index is 1.87. The van der Waals surface area contributed by atoms with Crippen LogP contribution in [0, 0.1) is 5.92 Å². The SMILES string of the molecule is CCOc1ccc([C@H]2Oc3nc(SCC(C)C)nnc3-c3ccccc3N2C(=O)CC)cc1OC. The number of hydrogen-bond donors (Lipinski definition) is 0. The Morgan fingerprint density at radius 3 is 2.66 bits per heavy atom. The van der Waals surface area contributed by atoms with Crippen LogP contribution in [0.15, 0.2) is 47.6 Å². The summed E-state index contributed by atoms with van der Waals surface area (Å²) in [5.74, 6) is 2.76. The molecule has 184 valence electrons. The Bertz CT molecular complexity index is 1200. The number of ether oxygens (including phenoxy) is 3. The smallest absolute Gasteiger partial charge is 0.247 e. The van der Waals surface area contributed by atoms with E-state index < -0.39 is 6.23 Å². The lowest BCUT2D eigenvalue weighted by molar-refractivity contribution is -0.120. The molecule has 3 aromatic rings. The van der Waals surface area contributed by atoms with Gasteiger partial charge in [-0.1, -0.05) is 50.7 Å². The lowest BCUT2D eigenvalue weighted by Gasteiger charge is -2.31. The second-order valence-corrected chi connectivity index (χ2v) is 9.39. The minimum absolute atomic E-state index is 0.0922. The fraction of sp³-hybridized carbons (Fsp3) is 0.385. The van der Waals surface area contributed by atoms with Gasteiger partial charge in [-0.3, -0.25) is 9.69 Å². The van der Waals surface area contributed by atoms with Crippen LogP contribution in [0.5, 0.6) is 17.4 Å². The van der Waals surface area contributed by atoms with Gasteiger partial charge >= 0.3 is 0 Å². The van der Waals surface area contributed by atoms with Gasteiger partial charge in [-0.2, -0.15) is 4.98 Å². The summed E-state index contributed by atoms with van der Waals surface area (Å²) >= 11 is 1.53. The second-order valence-electron chi connectivity index (χ2n) is 8.40. The predicted molar refractivity (Wildman–Crippen MR) is 136 cm³/mol. The fourth-order valence-electron chi connectivity index (χ4n) is 3.79. The van der Waals surface area contributed by atoms with Crippen molar-refractivity contribution >= 4 is 23.4 Å². The number of benzene rings is 2. The lowest BCUT2D eigenvalue weighted by atomic mass is 10.1. The molecule has 0 fully saturated rings. The predicted octanol–water partition coefficient (Wildman–Crippen LogP) is 5.53. The molecule has 1 aromatic heterocycles. The van der Waals surface area contributed by atoms with Crippen molar-refractivity contribution in [1.29, 1.82) is 0 Å². The minimum atomic E-state index is -0.783. The van der Waals surface area contributed by atoms with E-state index in [-0.39, 0.29) is 5.91 Å². The molecule has 1 aliphatic rings. The second kappa shape index (κ2) is 10.9. The molecule has 0 aliphatic carbocycles. The normalized spacial score (nSPS) is 14.6. The van der Waals surface area contributed by atoms with Crippen LogP contribution >= 0.6 is 11.8 Å². The number of thioether (sulfide) groups is 1. The molecule has 0 radical (unpaired) electrons. The van der Waals surface area contributed by atoms with Gasteiger partial charge in [0.15, 0.2) is 17.2 Å². The monoisotopic (exact) mass is 494 g/mol. The average Bonchev–Trinajstić information content (AvgIpc) is 3.01. The number of amides is 1. The highest BCUT2D eigenvalue weighted by Crippen LogP contribution is 2.44. The highest BCUT2D eigenvalue weighted by atomic mass is 32.2. The molecule has 0 spiro atoms. The van der Waals surface area contributed by atoms with Crippen LogP contribution in [0.1, 0.15) is 45.9 Å². The number of methoxy groups -OCH3 is 1. The molecule has 9 heteroatoms. The van der Waals surface area contributed by atoms with E-state index in [9.17, 15) is 4.79 Å². The van der Waals surface area contributed by atoms with Crippen molar-refractivity contribution in [3.63, 3.8) is 0 Å². The summed E-state index contributed by atoms with van der Waals surface area (Å²) in [7, 11) is 1.59. The van der Waals surface area contributed by atoms with E-state index in [1.165, 1.54) is 11.8 Å². The number of carbonyl (C=O) groups excluding carboxylic acids is 1. The van der Waals surface area contributed by atoms with Crippen LogP contribution in [0.25, 0.3) is 11.3 Å². The van der Waals surface area contributed by atoms with E-state index in [4.69, 9.17) is 19.2 Å². The standard InChI is InChI=1S/C26H30N4O4S/c1-6-22(31)30-19-11-9-8-10-18(19)23-24(27-26(29-28-23)35-15-16(3)4)34-25(30)17-12-13-20(33-7-2)21(14-17)32-5/h8-14,16,25H,6-7,15H2,1-5H3/t25-/m1/s1. The summed E-state index contributed by atoms with van der Waals surface area (Å²) in [4.78, 5) is 19.7. The largest absolute Gasteiger partial charge is 0.493 e. The van der Waals surface area contributed by atoms with Crippen molar-refractivity contribution in [2.45, 2.75) is 45.5 Å². The summed E-state index contributed by atoms with van der Waals surface area (Å²) in [5.41, 5.74) is 2.66. The van der Waals surface area contributed by atoms with Gasteiger partial charge in [-0.15, -0.1) is 10.2 Å². The number of carbonyl (C=O) groups is 1. The summed E-state index contributed by atoms with van der Waals surface area (Å²) < 4.78 is 17.7. The molecule has 35 heavy (non-hydrogen) atoms. The molecule has 8 nitrogen and oxygen atoms in total. The van der Waals surface area contributed by atoms with E-state index in [0.717, 1.165) is 16.9 Å². The van der Waals surface area contributed by atoms with E-state index >= 15 is 0 Å².